The fourth-order valence-corrected chi connectivity index (χ4v) is 1.17. The number of amides is 2. The molecular formula is C11H17IN2O3. The van der Waals surface area contributed by atoms with Gasteiger partial charge in [-0.2, -0.15) is 0 Å². The Kier molecular flexibility index (Phi) is 10.9. The molecule has 0 aliphatic rings. The Labute approximate surface area is 115 Å². The second kappa shape index (κ2) is 11.5. The van der Waals surface area contributed by atoms with Crippen molar-refractivity contribution in [3.8, 4) is 9.85 Å². The van der Waals surface area contributed by atoms with Crippen LogP contribution in [0.2, 0.25) is 0 Å². The van der Waals surface area contributed by atoms with Gasteiger partial charge >= 0.3 is 6.09 Å². The molecule has 0 bridgehead atoms. The van der Waals surface area contributed by atoms with E-state index in [4.69, 9.17) is 4.74 Å². The minimum atomic E-state index is -0.406. The van der Waals surface area contributed by atoms with Crippen LogP contribution in [0.3, 0.4) is 0 Å². The molecule has 0 aliphatic carbocycles. The largest absolute Gasteiger partial charge is 0.450 e. The number of rotatable bonds is 7. The maximum absolute atomic E-state index is 11.1. The molecule has 0 unspecified atom stereocenters. The van der Waals surface area contributed by atoms with Gasteiger partial charge in [0, 0.05) is 41.6 Å². The highest BCUT2D eigenvalue weighted by atomic mass is 127. The molecule has 2 N–H and O–H groups in total. The molecule has 2 amide bonds. The van der Waals surface area contributed by atoms with Crippen LogP contribution in [0.4, 0.5) is 4.79 Å². The fraction of sp³-hybridized carbons (Fsp3) is 0.636. The lowest BCUT2D eigenvalue weighted by Crippen LogP contribution is -2.29. The normalized spacial score (nSPS) is 8.82. The van der Waals surface area contributed by atoms with Gasteiger partial charge in [-0.3, -0.25) is 4.79 Å². The van der Waals surface area contributed by atoms with E-state index in [1.165, 1.54) is 0 Å². The van der Waals surface area contributed by atoms with Gasteiger partial charge in [-0.1, -0.05) is 13.3 Å². The van der Waals surface area contributed by atoms with E-state index in [-0.39, 0.29) is 5.91 Å². The Bertz CT molecular complexity index is 297. The van der Waals surface area contributed by atoms with Crippen molar-refractivity contribution >= 4 is 34.6 Å². The Morgan fingerprint density at radius 1 is 1.24 bits per heavy atom. The zero-order valence-corrected chi connectivity index (χ0v) is 12.0. The van der Waals surface area contributed by atoms with Crippen molar-refractivity contribution in [3.63, 3.8) is 0 Å². The van der Waals surface area contributed by atoms with Crippen molar-refractivity contribution in [2.24, 2.45) is 0 Å². The van der Waals surface area contributed by atoms with Crippen LogP contribution >= 0.6 is 22.6 Å². The van der Waals surface area contributed by atoms with E-state index < -0.39 is 6.09 Å². The summed E-state index contributed by atoms with van der Waals surface area (Å²) in [5.74, 6) is 2.05. The van der Waals surface area contributed by atoms with Gasteiger partial charge in [-0.15, -0.1) is 0 Å². The maximum Gasteiger partial charge on any atom is 0.407 e. The molecule has 6 heteroatoms. The van der Waals surface area contributed by atoms with Crippen molar-refractivity contribution in [2.45, 2.75) is 26.2 Å². The Morgan fingerprint density at radius 3 is 2.59 bits per heavy atom. The van der Waals surface area contributed by atoms with Crippen LogP contribution in [-0.2, 0) is 9.53 Å². The summed E-state index contributed by atoms with van der Waals surface area (Å²) in [7, 11) is 0. The minimum Gasteiger partial charge on any atom is -0.450 e. The van der Waals surface area contributed by atoms with Gasteiger partial charge in [-0.05, 0) is 16.8 Å². The lowest BCUT2D eigenvalue weighted by Gasteiger charge is -2.06. The van der Waals surface area contributed by atoms with Crippen molar-refractivity contribution in [3.05, 3.63) is 0 Å². The Balaban J connectivity index is 3.35. The number of hydrogen-bond acceptors (Lipinski definition) is 3. The highest BCUT2D eigenvalue weighted by Gasteiger charge is 2.00. The molecule has 0 rings (SSSR count). The number of nitrogens with one attached hydrogen (secondary N) is 2. The van der Waals surface area contributed by atoms with Crippen LogP contribution in [0.15, 0.2) is 0 Å². The molecule has 96 valence electrons. The average molecular weight is 352 g/mol. The van der Waals surface area contributed by atoms with Gasteiger partial charge in [0.25, 0.3) is 5.91 Å². The molecule has 0 aromatic rings. The van der Waals surface area contributed by atoms with Crippen molar-refractivity contribution < 1.29 is 14.3 Å². The number of carbonyl (C=O) groups is 2. The van der Waals surface area contributed by atoms with Crippen LogP contribution in [-0.4, -0.2) is 31.7 Å². The van der Waals surface area contributed by atoms with Gasteiger partial charge in [0.05, 0.1) is 6.61 Å². The molecule has 0 heterocycles. The number of halogens is 1. The van der Waals surface area contributed by atoms with E-state index in [1.54, 1.807) is 22.6 Å². The molecule has 0 fully saturated rings. The zero-order valence-electron chi connectivity index (χ0n) is 9.85. The first-order valence-corrected chi connectivity index (χ1v) is 6.58. The lowest BCUT2D eigenvalue weighted by molar-refractivity contribution is -0.115. The zero-order chi connectivity index (χ0) is 12.9. The molecule has 0 aromatic carbocycles. The smallest absolute Gasteiger partial charge is 0.407 e. The van der Waals surface area contributed by atoms with Crippen molar-refractivity contribution in [2.75, 3.05) is 19.7 Å². The summed E-state index contributed by atoms with van der Waals surface area (Å²) in [6.45, 7) is 3.44. The quantitative estimate of drug-likeness (QED) is 0.414. The summed E-state index contributed by atoms with van der Waals surface area (Å²) in [4.78, 5) is 22.0. The van der Waals surface area contributed by atoms with Crippen LogP contribution in [0.25, 0.3) is 0 Å². The van der Waals surface area contributed by atoms with E-state index in [2.05, 4.69) is 20.5 Å². The highest BCUT2D eigenvalue weighted by Crippen LogP contribution is 1.88. The number of alkyl carbamates (subject to hydrolysis) is 1. The van der Waals surface area contributed by atoms with Gasteiger partial charge < -0.3 is 15.4 Å². The summed E-state index contributed by atoms with van der Waals surface area (Å²) < 4.78 is 7.36. The highest BCUT2D eigenvalue weighted by molar-refractivity contribution is 14.1. The summed E-state index contributed by atoms with van der Waals surface area (Å²) in [5.41, 5.74) is 0. The van der Waals surface area contributed by atoms with E-state index >= 15 is 0 Å². The molecule has 0 saturated carbocycles. The monoisotopic (exact) mass is 352 g/mol. The molecular weight excluding hydrogens is 335 g/mol. The molecule has 0 aliphatic heterocycles. The van der Waals surface area contributed by atoms with Gasteiger partial charge in [0.1, 0.15) is 0 Å². The van der Waals surface area contributed by atoms with Crippen LogP contribution in [0.5, 0.6) is 0 Å². The molecule has 0 spiro atoms. The van der Waals surface area contributed by atoms with Gasteiger partial charge in [-0.25, -0.2) is 4.79 Å². The van der Waals surface area contributed by atoms with Crippen molar-refractivity contribution in [1.82, 2.24) is 10.6 Å². The van der Waals surface area contributed by atoms with Crippen LogP contribution in [0, 0.1) is 9.85 Å². The standard InChI is InChI=1S/C11H17IN2O3/c1-2-3-9-17-11(16)14-8-4-7-13-10(15)5-6-12/h2-4,7-9H2,1H3,(H,13,15)(H,14,16). The summed E-state index contributed by atoms with van der Waals surface area (Å²) >= 11 is 1.80. The van der Waals surface area contributed by atoms with Crippen molar-refractivity contribution in [1.29, 1.82) is 0 Å². The SMILES string of the molecule is CCCCOC(=O)NCCCNC(=O)C#CI. The second-order valence-electron chi connectivity index (χ2n) is 3.25. The molecule has 0 saturated heterocycles. The number of ether oxygens (including phenoxy) is 1. The third kappa shape index (κ3) is 11.3. The second-order valence-corrected chi connectivity index (χ2v) is 3.78. The minimum absolute atomic E-state index is 0.301. The number of hydrogen-bond donors (Lipinski definition) is 2. The fourth-order valence-electron chi connectivity index (χ4n) is 0.928. The number of unbranched alkanes of at least 4 members (excludes halogenated alkanes) is 1. The maximum atomic E-state index is 11.1. The van der Waals surface area contributed by atoms with E-state index in [0.29, 0.717) is 26.1 Å². The summed E-state index contributed by atoms with van der Waals surface area (Å²) in [5, 5.41) is 5.20. The molecule has 0 radical (unpaired) electrons. The first-order valence-electron chi connectivity index (χ1n) is 5.50. The lowest BCUT2D eigenvalue weighted by atomic mass is 10.4. The first kappa shape index (κ1) is 16.0. The Hall–Kier alpha value is -0.970. The van der Waals surface area contributed by atoms with E-state index in [0.717, 1.165) is 12.8 Å². The van der Waals surface area contributed by atoms with Crippen LogP contribution in [0.1, 0.15) is 26.2 Å². The van der Waals surface area contributed by atoms with Crippen LogP contribution < -0.4 is 10.6 Å². The summed E-state index contributed by atoms with van der Waals surface area (Å²) in [6, 6.07) is 0. The van der Waals surface area contributed by atoms with E-state index in [9.17, 15) is 9.59 Å². The molecule has 0 aromatic heterocycles. The predicted octanol–water partition coefficient (Wildman–Crippen LogP) is 1.41. The third-order valence-electron chi connectivity index (χ3n) is 1.80. The molecule has 17 heavy (non-hydrogen) atoms. The average Bonchev–Trinajstić information content (AvgIpc) is 2.29. The summed E-state index contributed by atoms with van der Waals surface area (Å²) in [6.07, 6.45) is 2.12. The molecule has 0 atom stereocenters. The first-order chi connectivity index (χ1) is 8.20. The van der Waals surface area contributed by atoms with Gasteiger partial charge in [0.15, 0.2) is 0 Å². The Morgan fingerprint density at radius 2 is 1.94 bits per heavy atom. The predicted molar refractivity (Wildman–Crippen MR) is 73.7 cm³/mol. The third-order valence-corrected chi connectivity index (χ3v) is 2.07. The topological polar surface area (TPSA) is 67.4 Å². The van der Waals surface area contributed by atoms with E-state index in [1.807, 2.05) is 6.92 Å². The van der Waals surface area contributed by atoms with Gasteiger partial charge in [0.2, 0.25) is 0 Å². The number of carbonyl (C=O) groups excluding carboxylic acids is 2. The molecule has 5 nitrogen and oxygen atoms in total.